The molecule has 1 aromatic heterocycles. The molecule has 5 nitrogen and oxygen atoms in total. The molecule has 0 aliphatic carbocycles. The lowest BCUT2D eigenvalue weighted by molar-refractivity contribution is 0.101. The third-order valence-corrected chi connectivity index (χ3v) is 5.29. The van der Waals surface area contributed by atoms with Gasteiger partial charge in [-0.15, -0.1) is 0 Å². The molecule has 1 N–H and O–H groups in total. The van der Waals surface area contributed by atoms with Crippen molar-refractivity contribution in [1.82, 2.24) is 9.97 Å². The normalized spacial score (nSPS) is 10.5. The Morgan fingerprint density at radius 1 is 0.857 bits per heavy atom. The highest BCUT2D eigenvalue weighted by Gasteiger charge is 2.11. The zero-order chi connectivity index (χ0) is 20.1. The average Bonchev–Trinajstić information content (AvgIpc) is 2.71. The van der Waals surface area contributed by atoms with Gasteiger partial charge in [0.05, 0.1) is 5.75 Å². The monoisotopic (exact) mass is 391 g/mol. The molecule has 3 aromatic rings. The average molecular weight is 391 g/mol. The van der Waals surface area contributed by atoms with E-state index in [-0.39, 0.29) is 17.4 Å². The third-order valence-electron chi connectivity index (χ3n) is 4.45. The summed E-state index contributed by atoms with van der Waals surface area (Å²) in [6, 6.07) is 15.9. The SMILES string of the molecule is Cc1nc(SCC(=O)c2ccc(NC(=O)c3ccccc3)cc2)nc(C)c1C. The summed E-state index contributed by atoms with van der Waals surface area (Å²) < 4.78 is 0. The van der Waals surface area contributed by atoms with Crippen LogP contribution in [-0.4, -0.2) is 27.4 Å². The van der Waals surface area contributed by atoms with Crippen LogP contribution >= 0.6 is 11.8 Å². The van der Waals surface area contributed by atoms with E-state index < -0.39 is 0 Å². The Bertz CT molecular complexity index is 979. The molecular formula is C22H21N3O2S. The van der Waals surface area contributed by atoms with Gasteiger partial charge in [0.2, 0.25) is 0 Å². The summed E-state index contributed by atoms with van der Waals surface area (Å²) in [6.45, 7) is 5.87. The largest absolute Gasteiger partial charge is 0.322 e. The fourth-order valence-corrected chi connectivity index (χ4v) is 3.38. The van der Waals surface area contributed by atoms with Gasteiger partial charge in [-0.05, 0) is 62.7 Å². The van der Waals surface area contributed by atoms with E-state index in [1.165, 1.54) is 11.8 Å². The molecule has 0 unspecified atom stereocenters. The van der Waals surface area contributed by atoms with Gasteiger partial charge in [0.15, 0.2) is 10.9 Å². The molecule has 6 heteroatoms. The second-order valence-corrected chi connectivity index (χ2v) is 7.35. The number of ketones is 1. The van der Waals surface area contributed by atoms with Crippen molar-refractivity contribution >= 4 is 29.1 Å². The standard InChI is InChI=1S/C22H21N3O2S/c1-14-15(2)23-22(24-16(14)3)28-13-20(26)17-9-11-19(12-10-17)25-21(27)18-7-5-4-6-8-18/h4-12H,13H2,1-3H3,(H,25,27). The highest BCUT2D eigenvalue weighted by Crippen LogP contribution is 2.19. The van der Waals surface area contributed by atoms with Crippen molar-refractivity contribution in [2.45, 2.75) is 25.9 Å². The van der Waals surface area contributed by atoms with Gasteiger partial charge in [-0.3, -0.25) is 9.59 Å². The molecule has 0 bridgehead atoms. The van der Waals surface area contributed by atoms with Gasteiger partial charge in [-0.2, -0.15) is 0 Å². The molecule has 0 radical (unpaired) electrons. The fourth-order valence-electron chi connectivity index (χ4n) is 2.55. The molecule has 0 saturated heterocycles. The zero-order valence-electron chi connectivity index (χ0n) is 16.0. The molecule has 0 spiro atoms. The van der Waals surface area contributed by atoms with Gasteiger partial charge in [0, 0.05) is 28.2 Å². The van der Waals surface area contributed by atoms with Gasteiger partial charge in [-0.25, -0.2) is 9.97 Å². The van der Waals surface area contributed by atoms with E-state index in [2.05, 4.69) is 15.3 Å². The van der Waals surface area contributed by atoms with Crippen molar-refractivity contribution in [3.63, 3.8) is 0 Å². The van der Waals surface area contributed by atoms with E-state index in [9.17, 15) is 9.59 Å². The number of aryl methyl sites for hydroxylation is 2. The van der Waals surface area contributed by atoms with Crippen LogP contribution in [0.2, 0.25) is 0 Å². The molecule has 28 heavy (non-hydrogen) atoms. The minimum Gasteiger partial charge on any atom is -0.322 e. The van der Waals surface area contributed by atoms with Crippen molar-refractivity contribution in [2.24, 2.45) is 0 Å². The van der Waals surface area contributed by atoms with Gasteiger partial charge >= 0.3 is 0 Å². The first-order chi connectivity index (χ1) is 13.4. The molecule has 3 rings (SSSR count). The summed E-state index contributed by atoms with van der Waals surface area (Å²) in [4.78, 5) is 33.5. The van der Waals surface area contributed by atoms with E-state index in [0.717, 1.165) is 17.0 Å². The smallest absolute Gasteiger partial charge is 0.255 e. The first-order valence-electron chi connectivity index (χ1n) is 8.88. The lowest BCUT2D eigenvalue weighted by atomic mass is 10.1. The van der Waals surface area contributed by atoms with Crippen LogP contribution in [0.5, 0.6) is 0 Å². The summed E-state index contributed by atoms with van der Waals surface area (Å²) in [5.41, 5.74) is 4.76. The van der Waals surface area contributed by atoms with E-state index in [4.69, 9.17) is 0 Å². The molecule has 1 amide bonds. The number of amides is 1. The van der Waals surface area contributed by atoms with Crippen LogP contribution in [0.4, 0.5) is 5.69 Å². The van der Waals surface area contributed by atoms with Crippen molar-refractivity contribution in [2.75, 3.05) is 11.1 Å². The second-order valence-electron chi connectivity index (χ2n) is 6.41. The number of nitrogens with zero attached hydrogens (tertiary/aromatic N) is 2. The van der Waals surface area contributed by atoms with E-state index in [1.54, 1.807) is 36.4 Å². The molecule has 142 valence electrons. The molecule has 0 saturated carbocycles. The van der Waals surface area contributed by atoms with Crippen LogP contribution in [0, 0.1) is 20.8 Å². The number of aromatic nitrogens is 2. The Morgan fingerprint density at radius 2 is 1.46 bits per heavy atom. The van der Waals surface area contributed by atoms with Crippen LogP contribution < -0.4 is 5.32 Å². The molecule has 0 aliphatic rings. The van der Waals surface area contributed by atoms with Crippen LogP contribution in [0.3, 0.4) is 0 Å². The maximum absolute atomic E-state index is 12.4. The minimum atomic E-state index is -0.183. The third kappa shape index (κ3) is 4.84. The number of Topliss-reactive ketones (excluding diaryl/α,β-unsaturated/α-hetero) is 1. The Hall–Kier alpha value is -2.99. The molecular weight excluding hydrogens is 370 g/mol. The number of thioether (sulfide) groups is 1. The van der Waals surface area contributed by atoms with Crippen LogP contribution in [0.25, 0.3) is 0 Å². The zero-order valence-corrected chi connectivity index (χ0v) is 16.8. The lowest BCUT2D eigenvalue weighted by Gasteiger charge is -2.07. The van der Waals surface area contributed by atoms with Crippen LogP contribution in [-0.2, 0) is 0 Å². The number of carbonyl (C=O) groups is 2. The van der Waals surface area contributed by atoms with Crippen molar-refractivity contribution in [3.8, 4) is 0 Å². The fraction of sp³-hybridized carbons (Fsp3) is 0.182. The van der Waals surface area contributed by atoms with Gasteiger partial charge in [-0.1, -0.05) is 30.0 Å². The predicted molar refractivity (Wildman–Crippen MR) is 112 cm³/mol. The number of rotatable bonds is 6. The Morgan fingerprint density at radius 3 is 2.07 bits per heavy atom. The number of hydrogen-bond acceptors (Lipinski definition) is 5. The highest BCUT2D eigenvalue weighted by atomic mass is 32.2. The van der Waals surface area contributed by atoms with E-state index in [1.807, 2.05) is 39.0 Å². The number of hydrogen-bond donors (Lipinski definition) is 1. The summed E-state index contributed by atoms with van der Waals surface area (Å²) in [6.07, 6.45) is 0. The number of nitrogens with one attached hydrogen (secondary N) is 1. The molecule has 0 aliphatic heterocycles. The second kappa shape index (κ2) is 8.80. The molecule has 2 aromatic carbocycles. The number of carbonyl (C=O) groups excluding carboxylic acids is 2. The van der Waals surface area contributed by atoms with Crippen molar-refractivity contribution in [3.05, 3.63) is 82.7 Å². The van der Waals surface area contributed by atoms with Gasteiger partial charge < -0.3 is 5.32 Å². The minimum absolute atomic E-state index is 0.00887. The van der Waals surface area contributed by atoms with Crippen molar-refractivity contribution < 1.29 is 9.59 Å². The number of anilines is 1. The maximum atomic E-state index is 12.4. The first-order valence-corrected chi connectivity index (χ1v) is 9.87. The Kier molecular flexibility index (Phi) is 6.21. The summed E-state index contributed by atoms with van der Waals surface area (Å²) in [5, 5.41) is 3.44. The summed E-state index contributed by atoms with van der Waals surface area (Å²) in [7, 11) is 0. The maximum Gasteiger partial charge on any atom is 0.255 e. The quantitative estimate of drug-likeness (QED) is 0.377. The predicted octanol–water partition coefficient (Wildman–Crippen LogP) is 4.63. The molecule has 1 heterocycles. The van der Waals surface area contributed by atoms with Gasteiger partial charge in [0.25, 0.3) is 5.91 Å². The molecule has 0 atom stereocenters. The van der Waals surface area contributed by atoms with E-state index in [0.29, 0.717) is 22.0 Å². The van der Waals surface area contributed by atoms with Crippen LogP contribution in [0.1, 0.15) is 37.7 Å². The van der Waals surface area contributed by atoms with E-state index >= 15 is 0 Å². The Labute approximate surface area is 168 Å². The highest BCUT2D eigenvalue weighted by molar-refractivity contribution is 7.99. The Balaban J connectivity index is 1.60. The number of benzene rings is 2. The molecule has 0 fully saturated rings. The van der Waals surface area contributed by atoms with Gasteiger partial charge in [0.1, 0.15) is 0 Å². The first kappa shape index (κ1) is 19.8. The topological polar surface area (TPSA) is 72.0 Å². The van der Waals surface area contributed by atoms with Crippen LogP contribution in [0.15, 0.2) is 59.8 Å². The van der Waals surface area contributed by atoms with Crippen molar-refractivity contribution in [1.29, 1.82) is 0 Å². The lowest BCUT2D eigenvalue weighted by Crippen LogP contribution is -2.12. The summed E-state index contributed by atoms with van der Waals surface area (Å²) >= 11 is 1.33. The summed E-state index contributed by atoms with van der Waals surface area (Å²) in [5.74, 6) is 0.0698.